The van der Waals surface area contributed by atoms with Crippen molar-refractivity contribution in [1.29, 1.82) is 0 Å². The van der Waals surface area contributed by atoms with Gasteiger partial charge in [-0.05, 0) is 31.2 Å². The van der Waals surface area contributed by atoms with Crippen LogP contribution in [-0.2, 0) is 9.59 Å². The molecule has 0 radical (unpaired) electrons. The van der Waals surface area contributed by atoms with E-state index in [2.05, 4.69) is 10.6 Å². The lowest BCUT2D eigenvalue weighted by Gasteiger charge is -2.30. The van der Waals surface area contributed by atoms with Gasteiger partial charge in [0.05, 0.1) is 0 Å². The first kappa shape index (κ1) is 15.9. The summed E-state index contributed by atoms with van der Waals surface area (Å²) < 4.78 is 0. The molecule has 19 heavy (non-hydrogen) atoms. The summed E-state index contributed by atoms with van der Waals surface area (Å²) in [6, 6.07) is -0.895. The van der Waals surface area contributed by atoms with Crippen LogP contribution in [0.5, 0.6) is 0 Å². The van der Waals surface area contributed by atoms with Gasteiger partial charge in [0.2, 0.25) is 5.91 Å². The number of carbonyl (C=O) groups excluding carboxylic acids is 1. The van der Waals surface area contributed by atoms with Gasteiger partial charge in [-0.3, -0.25) is 4.79 Å². The molecule has 3 atom stereocenters. The predicted molar refractivity (Wildman–Crippen MR) is 70.6 cm³/mol. The fourth-order valence-corrected chi connectivity index (χ4v) is 2.65. The minimum Gasteiger partial charge on any atom is -0.480 e. The highest BCUT2D eigenvalue weighted by Gasteiger charge is 2.25. The standard InChI is InChI=1S/C13H24N2O4/c1-9(17)15-12(13(18)19)7-14-6-10-4-2-3-5-11(10)8-16/h10-12,14,16H,2-8H2,1H3,(H,15,17)(H,18,19). The summed E-state index contributed by atoms with van der Waals surface area (Å²) in [6.07, 6.45) is 4.43. The topological polar surface area (TPSA) is 98.7 Å². The van der Waals surface area contributed by atoms with E-state index in [0.717, 1.165) is 25.7 Å². The predicted octanol–water partition coefficient (Wildman–Crippen LogP) is -0.0360. The summed E-state index contributed by atoms with van der Waals surface area (Å²) >= 11 is 0. The lowest BCUT2D eigenvalue weighted by Crippen LogP contribution is -2.47. The number of amides is 1. The van der Waals surface area contributed by atoms with Crippen LogP contribution >= 0.6 is 0 Å². The minimum absolute atomic E-state index is 0.195. The van der Waals surface area contributed by atoms with Gasteiger partial charge in [0.25, 0.3) is 0 Å². The third-order valence-electron chi connectivity index (χ3n) is 3.73. The Morgan fingerprint density at radius 3 is 2.42 bits per heavy atom. The first-order chi connectivity index (χ1) is 9.04. The Kier molecular flexibility index (Phi) is 6.80. The third kappa shape index (κ3) is 5.57. The number of nitrogens with one attached hydrogen (secondary N) is 2. The molecule has 1 rings (SSSR count). The molecule has 0 saturated heterocycles. The van der Waals surface area contributed by atoms with E-state index in [1.165, 1.54) is 6.92 Å². The molecule has 1 aliphatic carbocycles. The van der Waals surface area contributed by atoms with Gasteiger partial charge in [0, 0.05) is 20.1 Å². The molecule has 110 valence electrons. The van der Waals surface area contributed by atoms with E-state index in [-0.39, 0.29) is 19.1 Å². The van der Waals surface area contributed by atoms with Gasteiger partial charge in [-0.1, -0.05) is 12.8 Å². The van der Waals surface area contributed by atoms with Gasteiger partial charge >= 0.3 is 5.97 Å². The van der Waals surface area contributed by atoms with Crippen molar-refractivity contribution in [1.82, 2.24) is 10.6 Å². The number of carboxylic acid groups (broad SMARTS) is 1. The first-order valence-corrected chi connectivity index (χ1v) is 6.86. The summed E-state index contributed by atoms with van der Waals surface area (Å²) in [5.74, 6) is -0.680. The van der Waals surface area contributed by atoms with E-state index in [0.29, 0.717) is 18.4 Å². The maximum absolute atomic E-state index is 10.9. The molecule has 0 aromatic carbocycles. The van der Waals surface area contributed by atoms with Crippen molar-refractivity contribution in [3.8, 4) is 0 Å². The van der Waals surface area contributed by atoms with Crippen LogP contribution in [0.4, 0.5) is 0 Å². The molecule has 0 aromatic heterocycles. The van der Waals surface area contributed by atoms with E-state index in [1.807, 2.05) is 0 Å². The van der Waals surface area contributed by atoms with Crippen molar-refractivity contribution in [3.05, 3.63) is 0 Å². The maximum Gasteiger partial charge on any atom is 0.327 e. The van der Waals surface area contributed by atoms with Crippen molar-refractivity contribution in [2.24, 2.45) is 11.8 Å². The molecule has 1 fully saturated rings. The van der Waals surface area contributed by atoms with Crippen molar-refractivity contribution in [2.75, 3.05) is 19.7 Å². The molecule has 3 unspecified atom stereocenters. The molecule has 0 spiro atoms. The molecule has 6 heteroatoms. The van der Waals surface area contributed by atoms with Crippen molar-refractivity contribution in [2.45, 2.75) is 38.6 Å². The zero-order valence-electron chi connectivity index (χ0n) is 11.4. The van der Waals surface area contributed by atoms with Crippen LogP contribution in [0.3, 0.4) is 0 Å². The molecular weight excluding hydrogens is 248 g/mol. The number of aliphatic hydroxyl groups excluding tert-OH is 1. The van der Waals surface area contributed by atoms with Gasteiger partial charge in [0.15, 0.2) is 0 Å². The van der Waals surface area contributed by atoms with E-state index in [1.54, 1.807) is 0 Å². The number of hydrogen-bond donors (Lipinski definition) is 4. The number of aliphatic hydroxyl groups is 1. The number of carbonyl (C=O) groups is 2. The molecule has 0 aromatic rings. The second kappa shape index (κ2) is 8.12. The van der Waals surface area contributed by atoms with E-state index < -0.39 is 12.0 Å². The molecule has 1 saturated carbocycles. The van der Waals surface area contributed by atoms with Crippen LogP contribution in [0.25, 0.3) is 0 Å². The van der Waals surface area contributed by atoms with Gasteiger partial charge in [-0.25, -0.2) is 4.79 Å². The third-order valence-corrected chi connectivity index (χ3v) is 3.73. The van der Waals surface area contributed by atoms with E-state index in [4.69, 9.17) is 5.11 Å². The second-order valence-corrected chi connectivity index (χ2v) is 5.24. The van der Waals surface area contributed by atoms with Crippen LogP contribution in [0.15, 0.2) is 0 Å². The van der Waals surface area contributed by atoms with Crippen LogP contribution in [0.1, 0.15) is 32.6 Å². The van der Waals surface area contributed by atoms with Crippen LogP contribution in [0.2, 0.25) is 0 Å². The molecular formula is C13H24N2O4. The largest absolute Gasteiger partial charge is 0.480 e. The number of carboxylic acids is 1. The van der Waals surface area contributed by atoms with Gasteiger partial charge in [-0.2, -0.15) is 0 Å². The Morgan fingerprint density at radius 2 is 1.89 bits per heavy atom. The van der Waals surface area contributed by atoms with Crippen LogP contribution < -0.4 is 10.6 Å². The highest BCUT2D eigenvalue weighted by Crippen LogP contribution is 2.28. The quantitative estimate of drug-likeness (QED) is 0.521. The molecule has 4 N–H and O–H groups in total. The van der Waals surface area contributed by atoms with Gasteiger partial charge in [-0.15, -0.1) is 0 Å². The van der Waals surface area contributed by atoms with Crippen molar-refractivity contribution >= 4 is 11.9 Å². The SMILES string of the molecule is CC(=O)NC(CNCC1CCCCC1CO)C(=O)O. The van der Waals surface area contributed by atoms with Gasteiger partial charge in [0.1, 0.15) is 6.04 Å². The molecule has 0 bridgehead atoms. The number of hydrogen-bond acceptors (Lipinski definition) is 4. The Morgan fingerprint density at radius 1 is 1.26 bits per heavy atom. The average Bonchev–Trinajstić information content (AvgIpc) is 2.37. The van der Waals surface area contributed by atoms with Crippen molar-refractivity contribution < 1.29 is 19.8 Å². The zero-order valence-corrected chi connectivity index (χ0v) is 11.4. The molecule has 0 aliphatic heterocycles. The monoisotopic (exact) mass is 272 g/mol. The Hall–Kier alpha value is -1.14. The maximum atomic E-state index is 10.9. The van der Waals surface area contributed by atoms with E-state index in [9.17, 15) is 14.7 Å². The van der Waals surface area contributed by atoms with Crippen LogP contribution in [0, 0.1) is 11.8 Å². The lowest BCUT2D eigenvalue weighted by atomic mass is 9.79. The average molecular weight is 272 g/mol. The first-order valence-electron chi connectivity index (χ1n) is 6.86. The summed E-state index contributed by atoms with van der Waals surface area (Å²) in [7, 11) is 0. The number of aliphatic carboxylic acids is 1. The molecule has 0 heterocycles. The minimum atomic E-state index is -1.04. The fourth-order valence-electron chi connectivity index (χ4n) is 2.65. The molecule has 1 aliphatic rings. The fraction of sp³-hybridized carbons (Fsp3) is 0.846. The highest BCUT2D eigenvalue weighted by molar-refractivity contribution is 5.82. The Balaban J connectivity index is 2.34. The molecule has 6 nitrogen and oxygen atoms in total. The second-order valence-electron chi connectivity index (χ2n) is 5.24. The zero-order chi connectivity index (χ0) is 14.3. The molecule has 1 amide bonds. The van der Waals surface area contributed by atoms with Crippen LogP contribution in [-0.4, -0.2) is 47.8 Å². The van der Waals surface area contributed by atoms with Crippen molar-refractivity contribution in [3.63, 3.8) is 0 Å². The summed E-state index contributed by atoms with van der Waals surface area (Å²) in [5.41, 5.74) is 0. The smallest absolute Gasteiger partial charge is 0.327 e. The lowest BCUT2D eigenvalue weighted by molar-refractivity contribution is -0.141. The number of rotatable bonds is 7. The highest BCUT2D eigenvalue weighted by atomic mass is 16.4. The van der Waals surface area contributed by atoms with Gasteiger partial charge < -0.3 is 20.8 Å². The Labute approximate surface area is 113 Å². The Bertz CT molecular complexity index is 309. The summed E-state index contributed by atoms with van der Waals surface area (Å²) in [4.78, 5) is 21.8. The normalized spacial score (nSPS) is 24.7. The van der Waals surface area contributed by atoms with E-state index >= 15 is 0 Å². The summed E-state index contributed by atoms with van der Waals surface area (Å²) in [6.45, 7) is 2.40. The summed E-state index contributed by atoms with van der Waals surface area (Å²) in [5, 5.41) is 23.8.